The van der Waals surface area contributed by atoms with Gasteiger partial charge in [0.15, 0.2) is 0 Å². The van der Waals surface area contributed by atoms with Crippen LogP contribution >= 0.6 is 12.6 Å². The quantitative estimate of drug-likeness (QED) is 0.541. The molecule has 1 N–H and O–H groups in total. The maximum absolute atomic E-state index is 4.14. The average Bonchev–Trinajstić information content (AvgIpc) is 2.25. The Labute approximate surface area is 92.3 Å². The van der Waals surface area contributed by atoms with Crippen molar-refractivity contribution >= 4 is 12.6 Å². The molecule has 0 spiro atoms. The van der Waals surface area contributed by atoms with Gasteiger partial charge >= 0.3 is 0 Å². The summed E-state index contributed by atoms with van der Waals surface area (Å²) in [7, 11) is 0. The molecule has 0 unspecified atom stereocenters. The van der Waals surface area contributed by atoms with Gasteiger partial charge in [-0.3, -0.25) is 0 Å². The normalized spacial score (nSPS) is 10.4. The van der Waals surface area contributed by atoms with Gasteiger partial charge < -0.3 is 5.32 Å². The first-order valence-corrected chi connectivity index (χ1v) is 5.89. The van der Waals surface area contributed by atoms with E-state index in [4.69, 9.17) is 0 Å². The monoisotopic (exact) mass is 209 g/mol. The van der Waals surface area contributed by atoms with E-state index in [1.54, 1.807) is 0 Å². The van der Waals surface area contributed by atoms with Crippen molar-refractivity contribution in [3.8, 4) is 0 Å². The van der Waals surface area contributed by atoms with E-state index in [2.05, 4.69) is 49.1 Å². The molecule has 0 saturated heterocycles. The summed E-state index contributed by atoms with van der Waals surface area (Å²) in [4.78, 5) is 0. The van der Waals surface area contributed by atoms with Gasteiger partial charge in [-0.1, -0.05) is 31.2 Å². The summed E-state index contributed by atoms with van der Waals surface area (Å²) >= 11 is 4.14. The number of nitrogens with one attached hydrogen (secondary N) is 1. The van der Waals surface area contributed by atoms with Crippen LogP contribution in [0.25, 0.3) is 0 Å². The number of hydrogen-bond acceptors (Lipinski definition) is 2. The van der Waals surface area contributed by atoms with Gasteiger partial charge in [0.25, 0.3) is 0 Å². The number of aryl methyl sites for hydroxylation is 1. The van der Waals surface area contributed by atoms with Crippen molar-refractivity contribution in [1.29, 1.82) is 0 Å². The highest BCUT2D eigenvalue weighted by Gasteiger charge is 1.93. The van der Waals surface area contributed by atoms with Crippen LogP contribution in [0.4, 0.5) is 0 Å². The predicted octanol–water partition coefficient (Wildman–Crippen LogP) is 2.31. The van der Waals surface area contributed by atoms with Crippen molar-refractivity contribution < 1.29 is 0 Å². The van der Waals surface area contributed by atoms with E-state index in [0.717, 1.165) is 31.7 Å². The molecule has 0 aliphatic carbocycles. The van der Waals surface area contributed by atoms with Crippen LogP contribution in [-0.4, -0.2) is 18.8 Å². The summed E-state index contributed by atoms with van der Waals surface area (Å²) in [5, 5.41) is 3.34. The zero-order chi connectivity index (χ0) is 10.2. The maximum atomic E-state index is 4.14. The molecule has 1 aromatic carbocycles. The van der Waals surface area contributed by atoms with E-state index in [1.807, 2.05) is 0 Å². The van der Waals surface area contributed by atoms with Crippen LogP contribution in [0.15, 0.2) is 24.3 Å². The molecule has 1 nitrogen and oxygen atoms in total. The van der Waals surface area contributed by atoms with E-state index in [9.17, 15) is 0 Å². The minimum Gasteiger partial charge on any atom is -0.316 e. The van der Waals surface area contributed by atoms with Crippen molar-refractivity contribution in [2.75, 3.05) is 18.8 Å². The van der Waals surface area contributed by atoms with Crippen molar-refractivity contribution in [1.82, 2.24) is 5.32 Å². The Kier molecular flexibility index (Phi) is 5.72. The molecule has 1 rings (SSSR count). The fourth-order valence-electron chi connectivity index (χ4n) is 1.38. The molecular weight excluding hydrogens is 190 g/mol. The van der Waals surface area contributed by atoms with Crippen molar-refractivity contribution in [2.24, 2.45) is 0 Å². The van der Waals surface area contributed by atoms with Crippen LogP contribution < -0.4 is 5.32 Å². The Morgan fingerprint density at radius 1 is 1.07 bits per heavy atom. The fourth-order valence-corrected chi connectivity index (χ4v) is 1.54. The summed E-state index contributed by atoms with van der Waals surface area (Å²) < 4.78 is 0. The zero-order valence-electron chi connectivity index (χ0n) is 8.79. The van der Waals surface area contributed by atoms with E-state index in [0.29, 0.717) is 0 Å². The van der Waals surface area contributed by atoms with Crippen LogP contribution in [0.3, 0.4) is 0 Å². The van der Waals surface area contributed by atoms with Gasteiger partial charge in [0.2, 0.25) is 0 Å². The first-order valence-electron chi connectivity index (χ1n) is 5.26. The van der Waals surface area contributed by atoms with Crippen LogP contribution in [0, 0.1) is 0 Å². The average molecular weight is 209 g/mol. The van der Waals surface area contributed by atoms with Gasteiger partial charge in [0.1, 0.15) is 0 Å². The van der Waals surface area contributed by atoms with Crippen molar-refractivity contribution in [3.05, 3.63) is 35.4 Å². The molecule has 0 amide bonds. The third kappa shape index (κ3) is 4.16. The Morgan fingerprint density at radius 2 is 1.71 bits per heavy atom. The number of rotatable bonds is 6. The molecule has 0 bridgehead atoms. The lowest BCUT2D eigenvalue weighted by Crippen LogP contribution is -2.19. The summed E-state index contributed by atoms with van der Waals surface area (Å²) in [6.45, 7) is 4.23. The Hall–Kier alpha value is -0.470. The Bertz CT molecular complexity index is 243. The summed E-state index contributed by atoms with van der Waals surface area (Å²) in [6.07, 6.45) is 2.23. The maximum Gasteiger partial charge on any atom is 0.00398 e. The molecule has 0 heterocycles. The van der Waals surface area contributed by atoms with Crippen molar-refractivity contribution in [3.63, 3.8) is 0 Å². The number of benzene rings is 1. The molecule has 0 radical (unpaired) electrons. The summed E-state index contributed by atoms with van der Waals surface area (Å²) in [5.41, 5.74) is 2.82. The van der Waals surface area contributed by atoms with E-state index in [-0.39, 0.29) is 0 Å². The van der Waals surface area contributed by atoms with Gasteiger partial charge in [0, 0.05) is 12.3 Å². The fraction of sp³-hybridized carbons (Fsp3) is 0.500. The lowest BCUT2D eigenvalue weighted by Gasteiger charge is -2.03. The molecule has 1 aromatic rings. The zero-order valence-corrected chi connectivity index (χ0v) is 9.69. The highest BCUT2D eigenvalue weighted by Crippen LogP contribution is 2.05. The summed E-state index contributed by atoms with van der Waals surface area (Å²) in [6, 6.07) is 8.88. The number of hydrogen-bond donors (Lipinski definition) is 2. The smallest absolute Gasteiger partial charge is 0.00398 e. The predicted molar refractivity (Wildman–Crippen MR) is 66.2 cm³/mol. The van der Waals surface area contributed by atoms with E-state index in [1.165, 1.54) is 11.1 Å². The second-order valence-corrected chi connectivity index (χ2v) is 3.84. The second-order valence-electron chi connectivity index (χ2n) is 3.39. The third-order valence-corrected chi connectivity index (χ3v) is 2.53. The standard InChI is InChI=1S/C12H19NS/c1-2-11-3-5-12(6-4-11)7-8-13-9-10-14/h3-6,13-14H,2,7-10H2,1H3. The van der Waals surface area contributed by atoms with Gasteiger partial charge in [0.05, 0.1) is 0 Å². The molecule has 78 valence electrons. The molecule has 0 aromatic heterocycles. The summed E-state index contributed by atoms with van der Waals surface area (Å²) in [5.74, 6) is 0.911. The molecule has 0 atom stereocenters. The third-order valence-electron chi connectivity index (χ3n) is 2.31. The highest BCUT2D eigenvalue weighted by molar-refractivity contribution is 7.80. The number of thiol groups is 1. The first kappa shape index (κ1) is 11.6. The lowest BCUT2D eigenvalue weighted by atomic mass is 10.1. The molecule has 0 fully saturated rings. The topological polar surface area (TPSA) is 12.0 Å². The van der Waals surface area contributed by atoms with Gasteiger partial charge in [-0.25, -0.2) is 0 Å². The second kappa shape index (κ2) is 6.91. The Morgan fingerprint density at radius 3 is 2.29 bits per heavy atom. The molecular formula is C12H19NS. The van der Waals surface area contributed by atoms with Crippen LogP contribution in [0.5, 0.6) is 0 Å². The van der Waals surface area contributed by atoms with Crippen molar-refractivity contribution in [2.45, 2.75) is 19.8 Å². The molecule has 0 aliphatic rings. The Balaban J connectivity index is 2.29. The van der Waals surface area contributed by atoms with Gasteiger partial charge in [-0.05, 0) is 30.5 Å². The van der Waals surface area contributed by atoms with E-state index < -0.39 is 0 Å². The van der Waals surface area contributed by atoms with Crippen LogP contribution in [0.2, 0.25) is 0 Å². The highest BCUT2D eigenvalue weighted by atomic mass is 32.1. The van der Waals surface area contributed by atoms with E-state index >= 15 is 0 Å². The minimum absolute atomic E-state index is 0.911. The molecule has 0 saturated carbocycles. The molecule has 0 aliphatic heterocycles. The van der Waals surface area contributed by atoms with Gasteiger partial charge in [-0.15, -0.1) is 0 Å². The van der Waals surface area contributed by atoms with Crippen LogP contribution in [0.1, 0.15) is 18.1 Å². The largest absolute Gasteiger partial charge is 0.316 e. The minimum atomic E-state index is 0.911. The first-order chi connectivity index (χ1) is 6.86. The SMILES string of the molecule is CCc1ccc(CCNCCS)cc1. The van der Waals surface area contributed by atoms with Crippen LogP contribution in [-0.2, 0) is 12.8 Å². The van der Waals surface area contributed by atoms with Gasteiger partial charge in [-0.2, -0.15) is 12.6 Å². The molecule has 14 heavy (non-hydrogen) atoms. The molecule has 2 heteroatoms. The lowest BCUT2D eigenvalue weighted by molar-refractivity contribution is 0.722.